The zero-order valence-corrected chi connectivity index (χ0v) is 9.67. The van der Waals surface area contributed by atoms with Crippen molar-refractivity contribution in [1.82, 2.24) is 4.90 Å². The monoisotopic (exact) mass is 199 g/mol. The third-order valence-electron chi connectivity index (χ3n) is 2.29. The molecule has 0 spiro atoms. The maximum atomic E-state index is 11.2. The summed E-state index contributed by atoms with van der Waals surface area (Å²) in [5.74, 6) is -0.209. The van der Waals surface area contributed by atoms with E-state index >= 15 is 0 Å². The van der Waals surface area contributed by atoms with Crippen molar-refractivity contribution in [2.45, 2.75) is 27.7 Å². The molecule has 0 rings (SSSR count). The molecule has 0 aromatic heterocycles. The summed E-state index contributed by atoms with van der Waals surface area (Å²) in [4.78, 5) is 13.4. The average molecular weight is 199 g/mol. The topological polar surface area (TPSA) is 29.5 Å². The van der Waals surface area contributed by atoms with Crippen molar-refractivity contribution in [1.29, 1.82) is 0 Å². The molecule has 0 aliphatic rings. The first-order valence-corrected chi connectivity index (χ1v) is 5.18. The number of rotatable bonds is 6. The maximum absolute atomic E-state index is 11.2. The summed E-state index contributed by atoms with van der Waals surface area (Å²) in [5.41, 5.74) is 0.671. The predicted octanol–water partition coefficient (Wildman–Crippen LogP) is 1.84. The molecule has 0 N–H and O–H groups in total. The summed E-state index contributed by atoms with van der Waals surface area (Å²) in [5, 5.41) is 0. The van der Waals surface area contributed by atoms with E-state index in [1.54, 1.807) is 13.0 Å². The summed E-state index contributed by atoms with van der Waals surface area (Å²) < 4.78 is 5.08. The second-order valence-electron chi connectivity index (χ2n) is 3.13. The van der Waals surface area contributed by atoms with Gasteiger partial charge in [-0.25, -0.2) is 4.79 Å². The van der Waals surface area contributed by atoms with Gasteiger partial charge in [0.15, 0.2) is 0 Å². The molecule has 3 heteroatoms. The third kappa shape index (κ3) is 5.02. The number of carbonyl (C=O) groups is 1. The molecule has 0 heterocycles. The van der Waals surface area contributed by atoms with Crippen LogP contribution in [0.25, 0.3) is 0 Å². The number of esters is 1. The highest BCUT2D eigenvalue weighted by molar-refractivity contribution is 5.87. The van der Waals surface area contributed by atoms with Crippen molar-refractivity contribution < 1.29 is 9.53 Å². The number of hydrogen-bond acceptors (Lipinski definition) is 3. The first-order chi connectivity index (χ1) is 6.65. The minimum atomic E-state index is -0.209. The normalized spacial score (nSPS) is 11.9. The van der Waals surface area contributed by atoms with Crippen LogP contribution in [-0.4, -0.2) is 37.1 Å². The minimum Gasteiger partial charge on any atom is -0.461 e. The predicted molar refractivity (Wildman–Crippen MR) is 58.2 cm³/mol. The van der Waals surface area contributed by atoms with Gasteiger partial charge >= 0.3 is 5.97 Å². The second-order valence-corrected chi connectivity index (χ2v) is 3.13. The van der Waals surface area contributed by atoms with Crippen molar-refractivity contribution in [3.8, 4) is 0 Å². The van der Waals surface area contributed by atoms with E-state index in [2.05, 4.69) is 18.7 Å². The lowest BCUT2D eigenvalue weighted by atomic mass is 10.3. The highest BCUT2D eigenvalue weighted by Gasteiger charge is 2.05. The van der Waals surface area contributed by atoms with Gasteiger partial charge in [-0.05, 0) is 26.9 Å². The lowest BCUT2D eigenvalue weighted by Gasteiger charge is -2.17. The van der Waals surface area contributed by atoms with Crippen LogP contribution < -0.4 is 0 Å². The Morgan fingerprint density at radius 3 is 2.36 bits per heavy atom. The summed E-state index contributed by atoms with van der Waals surface area (Å²) in [6.45, 7) is 11.1. The Morgan fingerprint density at radius 2 is 1.93 bits per heavy atom. The highest BCUT2D eigenvalue weighted by Crippen LogP contribution is 1.96. The molecular formula is C11H21NO2. The van der Waals surface area contributed by atoms with Crippen LogP contribution in [0.4, 0.5) is 0 Å². The third-order valence-corrected chi connectivity index (χ3v) is 2.29. The van der Waals surface area contributed by atoms with E-state index in [1.807, 2.05) is 6.92 Å². The fraction of sp³-hybridized carbons (Fsp3) is 0.727. The van der Waals surface area contributed by atoms with Crippen LogP contribution >= 0.6 is 0 Å². The van der Waals surface area contributed by atoms with Gasteiger partial charge in [0.2, 0.25) is 0 Å². The SMILES string of the molecule is CC=C(C)C(=O)OCCN(CC)CC. The number of allylic oxidation sites excluding steroid dienone is 1. The largest absolute Gasteiger partial charge is 0.461 e. The molecule has 0 saturated carbocycles. The number of ether oxygens (including phenoxy) is 1. The van der Waals surface area contributed by atoms with Gasteiger partial charge in [0.05, 0.1) is 0 Å². The zero-order chi connectivity index (χ0) is 11.0. The van der Waals surface area contributed by atoms with Crippen LogP contribution in [0, 0.1) is 0 Å². The van der Waals surface area contributed by atoms with Gasteiger partial charge in [-0.2, -0.15) is 0 Å². The molecule has 0 aromatic rings. The standard InChI is InChI=1S/C11H21NO2/c1-5-10(4)11(13)14-9-8-12(6-2)7-3/h5H,6-9H2,1-4H3. The van der Waals surface area contributed by atoms with Crippen LogP contribution in [0.5, 0.6) is 0 Å². The van der Waals surface area contributed by atoms with E-state index in [9.17, 15) is 4.79 Å². The first-order valence-electron chi connectivity index (χ1n) is 5.18. The van der Waals surface area contributed by atoms with Gasteiger partial charge in [0.25, 0.3) is 0 Å². The highest BCUT2D eigenvalue weighted by atomic mass is 16.5. The van der Waals surface area contributed by atoms with Gasteiger partial charge < -0.3 is 9.64 Å². The molecule has 0 aliphatic heterocycles. The van der Waals surface area contributed by atoms with Crippen molar-refractivity contribution in [2.75, 3.05) is 26.2 Å². The zero-order valence-electron chi connectivity index (χ0n) is 9.67. The van der Waals surface area contributed by atoms with E-state index in [1.165, 1.54) is 0 Å². The Labute approximate surface area is 86.7 Å². The van der Waals surface area contributed by atoms with Gasteiger partial charge in [-0.15, -0.1) is 0 Å². The number of hydrogen-bond donors (Lipinski definition) is 0. The van der Waals surface area contributed by atoms with Gasteiger partial charge in [0, 0.05) is 12.1 Å². The number of carbonyl (C=O) groups excluding carboxylic acids is 1. The molecule has 82 valence electrons. The van der Waals surface area contributed by atoms with E-state index in [0.717, 1.165) is 19.6 Å². The molecule has 0 unspecified atom stereocenters. The Bertz CT molecular complexity index is 195. The van der Waals surface area contributed by atoms with Gasteiger partial charge in [-0.3, -0.25) is 0 Å². The molecule has 0 saturated heterocycles. The maximum Gasteiger partial charge on any atom is 0.333 e. The quantitative estimate of drug-likeness (QED) is 0.483. The van der Waals surface area contributed by atoms with Gasteiger partial charge in [0.1, 0.15) is 6.61 Å². The summed E-state index contributed by atoms with van der Waals surface area (Å²) in [6, 6.07) is 0. The van der Waals surface area contributed by atoms with E-state index in [4.69, 9.17) is 4.74 Å². The molecule has 0 bridgehead atoms. The van der Waals surface area contributed by atoms with Crippen molar-refractivity contribution in [3.63, 3.8) is 0 Å². The average Bonchev–Trinajstić information content (AvgIpc) is 2.22. The van der Waals surface area contributed by atoms with E-state index in [-0.39, 0.29) is 5.97 Å². The summed E-state index contributed by atoms with van der Waals surface area (Å²) in [6.07, 6.45) is 1.76. The Balaban J connectivity index is 3.68. The van der Waals surface area contributed by atoms with Crippen molar-refractivity contribution in [3.05, 3.63) is 11.6 Å². The summed E-state index contributed by atoms with van der Waals surface area (Å²) >= 11 is 0. The number of likely N-dealkylation sites (N-methyl/N-ethyl adjacent to an activating group) is 1. The van der Waals surface area contributed by atoms with Crippen LogP contribution in [0.3, 0.4) is 0 Å². The molecule has 0 atom stereocenters. The molecule has 0 amide bonds. The molecule has 14 heavy (non-hydrogen) atoms. The fourth-order valence-corrected chi connectivity index (χ4v) is 1.04. The van der Waals surface area contributed by atoms with Crippen LogP contribution in [-0.2, 0) is 9.53 Å². The Morgan fingerprint density at radius 1 is 1.36 bits per heavy atom. The molecule has 0 fully saturated rings. The van der Waals surface area contributed by atoms with E-state index in [0.29, 0.717) is 12.2 Å². The molecule has 0 aromatic carbocycles. The minimum absolute atomic E-state index is 0.209. The Kier molecular flexibility index (Phi) is 7.11. The molecular weight excluding hydrogens is 178 g/mol. The second kappa shape index (κ2) is 7.56. The van der Waals surface area contributed by atoms with Crippen molar-refractivity contribution >= 4 is 5.97 Å². The van der Waals surface area contributed by atoms with Gasteiger partial charge in [-0.1, -0.05) is 19.9 Å². The smallest absolute Gasteiger partial charge is 0.333 e. The van der Waals surface area contributed by atoms with E-state index < -0.39 is 0 Å². The first kappa shape index (κ1) is 13.2. The lowest BCUT2D eigenvalue weighted by molar-refractivity contribution is -0.139. The molecule has 3 nitrogen and oxygen atoms in total. The Hall–Kier alpha value is -0.830. The van der Waals surface area contributed by atoms with Crippen molar-refractivity contribution in [2.24, 2.45) is 0 Å². The van der Waals surface area contributed by atoms with Crippen LogP contribution in [0.2, 0.25) is 0 Å². The molecule has 0 aliphatic carbocycles. The molecule has 0 radical (unpaired) electrons. The van der Waals surface area contributed by atoms with Crippen LogP contribution in [0.1, 0.15) is 27.7 Å². The number of nitrogens with zero attached hydrogens (tertiary/aromatic N) is 1. The lowest BCUT2D eigenvalue weighted by Crippen LogP contribution is -2.28. The fourth-order valence-electron chi connectivity index (χ4n) is 1.04. The van der Waals surface area contributed by atoms with Crippen LogP contribution in [0.15, 0.2) is 11.6 Å². The summed E-state index contributed by atoms with van der Waals surface area (Å²) in [7, 11) is 0.